The van der Waals surface area contributed by atoms with E-state index < -0.39 is 5.91 Å². The molecular formula is C11H12N4O2S. The van der Waals surface area contributed by atoms with Crippen LogP contribution in [0.2, 0.25) is 0 Å². The monoisotopic (exact) mass is 264 g/mol. The van der Waals surface area contributed by atoms with Crippen LogP contribution in [0.25, 0.3) is 0 Å². The fourth-order valence-electron chi connectivity index (χ4n) is 1.30. The van der Waals surface area contributed by atoms with Gasteiger partial charge < -0.3 is 10.7 Å². The normalized spacial score (nSPS) is 12.1. The van der Waals surface area contributed by atoms with Crippen molar-refractivity contribution in [3.05, 3.63) is 45.3 Å². The number of thiazole rings is 1. The van der Waals surface area contributed by atoms with E-state index in [4.69, 9.17) is 5.73 Å². The largest absolute Gasteiger partial charge is 0.323 e. The van der Waals surface area contributed by atoms with Gasteiger partial charge >= 0.3 is 0 Å². The zero-order chi connectivity index (χ0) is 13.1. The Labute approximate surface area is 107 Å². The maximum absolute atomic E-state index is 11.8. The van der Waals surface area contributed by atoms with Crippen LogP contribution in [-0.4, -0.2) is 15.9 Å². The molecule has 0 aliphatic carbocycles. The third-order valence-electron chi connectivity index (χ3n) is 2.22. The van der Waals surface area contributed by atoms with Gasteiger partial charge in [-0.15, -0.1) is 11.3 Å². The first-order valence-electron chi connectivity index (χ1n) is 5.28. The van der Waals surface area contributed by atoms with Crippen molar-refractivity contribution in [1.29, 1.82) is 0 Å². The third-order valence-corrected chi connectivity index (χ3v) is 3.00. The summed E-state index contributed by atoms with van der Waals surface area (Å²) in [4.78, 5) is 29.5. The summed E-state index contributed by atoms with van der Waals surface area (Å²) in [5, 5.41) is 4.84. The highest BCUT2D eigenvalue weighted by Gasteiger charge is 2.10. The summed E-state index contributed by atoms with van der Waals surface area (Å²) in [6.45, 7) is 1.81. The predicted octanol–water partition coefficient (Wildman–Crippen LogP) is 1.10. The zero-order valence-corrected chi connectivity index (χ0v) is 10.5. The molecule has 6 nitrogen and oxygen atoms in total. The SMILES string of the molecule is CC(N)c1csc(NC(=O)c2cccc(=O)[nH]2)n1. The van der Waals surface area contributed by atoms with Crippen molar-refractivity contribution >= 4 is 22.4 Å². The van der Waals surface area contributed by atoms with E-state index in [-0.39, 0.29) is 17.3 Å². The number of anilines is 1. The fraction of sp³-hybridized carbons (Fsp3) is 0.182. The Kier molecular flexibility index (Phi) is 3.54. The molecule has 7 heteroatoms. The Morgan fingerprint density at radius 1 is 1.56 bits per heavy atom. The van der Waals surface area contributed by atoms with Gasteiger partial charge in [0.05, 0.1) is 5.69 Å². The van der Waals surface area contributed by atoms with Gasteiger partial charge in [0, 0.05) is 17.5 Å². The Bertz CT molecular complexity index is 617. The number of aromatic nitrogens is 2. The summed E-state index contributed by atoms with van der Waals surface area (Å²) >= 11 is 1.29. The smallest absolute Gasteiger partial charge is 0.273 e. The van der Waals surface area contributed by atoms with Crippen molar-refractivity contribution in [2.24, 2.45) is 5.73 Å². The van der Waals surface area contributed by atoms with Gasteiger partial charge in [0.25, 0.3) is 5.91 Å². The fourth-order valence-corrected chi connectivity index (χ4v) is 2.11. The number of amides is 1. The number of hydrogen-bond acceptors (Lipinski definition) is 5. The summed E-state index contributed by atoms with van der Waals surface area (Å²) < 4.78 is 0. The van der Waals surface area contributed by atoms with Crippen molar-refractivity contribution < 1.29 is 4.79 Å². The number of H-pyrrole nitrogens is 1. The molecule has 94 valence electrons. The second kappa shape index (κ2) is 5.11. The molecule has 1 amide bonds. The van der Waals surface area contributed by atoms with E-state index >= 15 is 0 Å². The van der Waals surface area contributed by atoms with Crippen LogP contribution in [0.1, 0.15) is 29.1 Å². The van der Waals surface area contributed by atoms with Gasteiger partial charge in [-0.2, -0.15) is 0 Å². The van der Waals surface area contributed by atoms with E-state index in [1.165, 1.54) is 29.5 Å². The molecule has 0 saturated heterocycles. The first-order valence-corrected chi connectivity index (χ1v) is 6.16. The van der Waals surface area contributed by atoms with Crippen molar-refractivity contribution in [2.75, 3.05) is 5.32 Å². The number of nitrogens with one attached hydrogen (secondary N) is 2. The highest BCUT2D eigenvalue weighted by Crippen LogP contribution is 2.19. The average Bonchev–Trinajstić information content (AvgIpc) is 2.77. The number of aromatic amines is 1. The molecule has 2 rings (SSSR count). The van der Waals surface area contributed by atoms with Gasteiger partial charge in [-0.3, -0.25) is 14.9 Å². The minimum absolute atomic E-state index is 0.177. The van der Waals surface area contributed by atoms with E-state index in [1.54, 1.807) is 5.38 Å². The van der Waals surface area contributed by atoms with E-state index in [2.05, 4.69) is 15.3 Å². The van der Waals surface area contributed by atoms with Crippen molar-refractivity contribution in [3.8, 4) is 0 Å². The molecule has 0 fully saturated rings. The molecule has 1 unspecified atom stereocenters. The topological polar surface area (TPSA) is 101 Å². The van der Waals surface area contributed by atoms with Crippen LogP contribution in [0.15, 0.2) is 28.4 Å². The molecule has 0 saturated carbocycles. The molecule has 0 aliphatic heterocycles. The Morgan fingerprint density at radius 2 is 2.33 bits per heavy atom. The molecule has 18 heavy (non-hydrogen) atoms. The van der Waals surface area contributed by atoms with Crippen molar-refractivity contribution in [1.82, 2.24) is 9.97 Å². The zero-order valence-electron chi connectivity index (χ0n) is 9.64. The number of hydrogen-bond donors (Lipinski definition) is 3. The van der Waals surface area contributed by atoms with Crippen LogP contribution < -0.4 is 16.6 Å². The summed E-state index contributed by atoms with van der Waals surface area (Å²) in [5.41, 5.74) is 6.27. The lowest BCUT2D eigenvalue weighted by Gasteiger charge is -2.01. The molecule has 2 aromatic heterocycles. The van der Waals surface area contributed by atoms with Gasteiger partial charge in [-0.1, -0.05) is 6.07 Å². The number of carbonyl (C=O) groups is 1. The van der Waals surface area contributed by atoms with Gasteiger partial charge in [-0.05, 0) is 13.0 Å². The lowest BCUT2D eigenvalue weighted by molar-refractivity contribution is 0.102. The Balaban J connectivity index is 2.13. The van der Waals surface area contributed by atoms with Gasteiger partial charge in [0.15, 0.2) is 5.13 Å². The molecule has 2 heterocycles. The highest BCUT2D eigenvalue weighted by atomic mass is 32.1. The lowest BCUT2D eigenvalue weighted by Crippen LogP contribution is -2.18. The highest BCUT2D eigenvalue weighted by molar-refractivity contribution is 7.14. The molecule has 2 aromatic rings. The minimum atomic E-state index is -0.404. The van der Waals surface area contributed by atoms with Crippen LogP contribution in [0.4, 0.5) is 5.13 Å². The van der Waals surface area contributed by atoms with Gasteiger partial charge in [0.2, 0.25) is 5.56 Å². The number of rotatable bonds is 3. The summed E-state index contributed by atoms with van der Waals surface area (Å²) in [6, 6.07) is 4.21. The van der Waals surface area contributed by atoms with E-state index in [9.17, 15) is 9.59 Å². The Morgan fingerprint density at radius 3 is 2.94 bits per heavy atom. The predicted molar refractivity (Wildman–Crippen MR) is 69.7 cm³/mol. The quantitative estimate of drug-likeness (QED) is 0.772. The molecule has 0 spiro atoms. The molecule has 0 aromatic carbocycles. The number of pyridine rings is 1. The maximum atomic E-state index is 11.8. The minimum Gasteiger partial charge on any atom is -0.323 e. The number of nitrogens with two attached hydrogens (primary N) is 1. The van der Waals surface area contributed by atoms with Crippen LogP contribution in [0.5, 0.6) is 0 Å². The number of carbonyl (C=O) groups excluding carboxylic acids is 1. The van der Waals surface area contributed by atoms with Crippen LogP contribution in [0.3, 0.4) is 0 Å². The Hall–Kier alpha value is -1.99. The average molecular weight is 264 g/mol. The molecule has 4 N–H and O–H groups in total. The van der Waals surface area contributed by atoms with E-state index in [0.29, 0.717) is 5.13 Å². The van der Waals surface area contributed by atoms with Crippen LogP contribution in [0, 0.1) is 0 Å². The molecule has 1 atom stereocenters. The van der Waals surface area contributed by atoms with Crippen molar-refractivity contribution in [3.63, 3.8) is 0 Å². The van der Waals surface area contributed by atoms with Gasteiger partial charge in [-0.25, -0.2) is 4.98 Å². The maximum Gasteiger partial charge on any atom is 0.273 e. The van der Waals surface area contributed by atoms with Gasteiger partial charge in [0.1, 0.15) is 5.69 Å². The standard InChI is InChI=1S/C11H12N4O2S/c1-6(12)8-5-18-11(14-8)15-10(17)7-3-2-4-9(16)13-7/h2-6H,12H2,1H3,(H,13,16)(H,14,15,17). The van der Waals surface area contributed by atoms with E-state index in [0.717, 1.165) is 5.69 Å². The summed E-state index contributed by atoms with van der Waals surface area (Å²) in [5.74, 6) is -0.404. The second-order valence-electron chi connectivity index (χ2n) is 3.75. The summed E-state index contributed by atoms with van der Waals surface area (Å²) in [7, 11) is 0. The lowest BCUT2D eigenvalue weighted by atomic mass is 10.3. The molecular weight excluding hydrogens is 252 g/mol. The first-order chi connectivity index (χ1) is 8.56. The first kappa shape index (κ1) is 12.5. The molecule has 0 radical (unpaired) electrons. The second-order valence-corrected chi connectivity index (χ2v) is 4.61. The van der Waals surface area contributed by atoms with Crippen molar-refractivity contribution in [2.45, 2.75) is 13.0 Å². The molecule has 0 bridgehead atoms. The summed E-state index contributed by atoms with van der Waals surface area (Å²) in [6.07, 6.45) is 0. The number of nitrogens with zero attached hydrogens (tertiary/aromatic N) is 1. The molecule has 0 aliphatic rings. The van der Waals surface area contributed by atoms with Crippen LogP contribution in [-0.2, 0) is 0 Å². The third kappa shape index (κ3) is 2.82. The van der Waals surface area contributed by atoms with E-state index in [1.807, 2.05) is 6.92 Å². The van der Waals surface area contributed by atoms with Crippen LogP contribution >= 0.6 is 11.3 Å².